The predicted molar refractivity (Wildman–Crippen MR) is 120 cm³/mol. The van der Waals surface area contributed by atoms with Crippen molar-refractivity contribution < 1.29 is 14.7 Å². The van der Waals surface area contributed by atoms with Gasteiger partial charge in [-0.25, -0.2) is 4.98 Å². The lowest BCUT2D eigenvalue weighted by atomic mass is 10.1. The van der Waals surface area contributed by atoms with E-state index >= 15 is 0 Å². The second-order valence-corrected chi connectivity index (χ2v) is 8.06. The highest BCUT2D eigenvalue weighted by molar-refractivity contribution is 7.14. The van der Waals surface area contributed by atoms with Crippen molar-refractivity contribution in [2.45, 2.75) is 13.5 Å². The molecule has 1 heterocycles. The summed E-state index contributed by atoms with van der Waals surface area (Å²) in [5, 5.41) is 12.5. The van der Waals surface area contributed by atoms with Gasteiger partial charge in [0.2, 0.25) is 0 Å². The number of carbonyl (C=O) groups excluding carboxylic acids is 1. The van der Waals surface area contributed by atoms with E-state index in [1.165, 1.54) is 11.9 Å². The van der Waals surface area contributed by atoms with Crippen molar-refractivity contribution in [2.75, 3.05) is 25.0 Å². The third-order valence-electron chi connectivity index (χ3n) is 4.58. The van der Waals surface area contributed by atoms with E-state index in [2.05, 4.69) is 11.8 Å². The van der Waals surface area contributed by atoms with Crippen LogP contribution in [0.4, 0.5) is 5.13 Å². The lowest BCUT2D eigenvalue weighted by Crippen LogP contribution is -2.31. The molecule has 1 amide bonds. The van der Waals surface area contributed by atoms with Crippen LogP contribution in [-0.4, -0.2) is 47.0 Å². The van der Waals surface area contributed by atoms with Crippen LogP contribution in [0.15, 0.2) is 53.9 Å². The first-order chi connectivity index (χ1) is 14.4. The SMILES string of the molecule is CCN(Cc1ccc(C(=O)N(C)CC(=O)O)cc1)c1nc(-c2ccc(Cl)cc2)cs1. The number of aromatic nitrogens is 1. The van der Waals surface area contributed by atoms with E-state index < -0.39 is 5.97 Å². The molecule has 1 N–H and O–H groups in total. The molecule has 0 aliphatic carbocycles. The van der Waals surface area contributed by atoms with E-state index in [1.807, 2.05) is 41.8 Å². The summed E-state index contributed by atoms with van der Waals surface area (Å²) in [6, 6.07) is 14.8. The molecular formula is C22H22ClN3O3S. The van der Waals surface area contributed by atoms with Crippen LogP contribution >= 0.6 is 22.9 Å². The number of thiazole rings is 1. The number of carboxylic acids is 1. The fourth-order valence-corrected chi connectivity index (χ4v) is 3.97. The van der Waals surface area contributed by atoms with Gasteiger partial charge in [0.15, 0.2) is 5.13 Å². The fourth-order valence-electron chi connectivity index (χ4n) is 2.95. The van der Waals surface area contributed by atoms with Crippen molar-refractivity contribution >= 4 is 39.9 Å². The van der Waals surface area contributed by atoms with Crippen LogP contribution in [0.25, 0.3) is 11.3 Å². The largest absolute Gasteiger partial charge is 0.480 e. The Morgan fingerprint density at radius 3 is 2.37 bits per heavy atom. The molecule has 3 rings (SSSR count). The number of hydrogen-bond donors (Lipinski definition) is 1. The van der Waals surface area contributed by atoms with E-state index in [0.29, 0.717) is 17.1 Å². The van der Waals surface area contributed by atoms with Crippen LogP contribution in [0.2, 0.25) is 5.02 Å². The first kappa shape index (κ1) is 21.8. The average molecular weight is 444 g/mol. The van der Waals surface area contributed by atoms with Crippen LogP contribution in [0.3, 0.4) is 0 Å². The van der Waals surface area contributed by atoms with Crippen LogP contribution in [-0.2, 0) is 11.3 Å². The first-order valence-electron chi connectivity index (χ1n) is 9.40. The van der Waals surface area contributed by atoms with Crippen LogP contribution in [0.5, 0.6) is 0 Å². The molecule has 0 saturated heterocycles. The summed E-state index contributed by atoms with van der Waals surface area (Å²) < 4.78 is 0. The van der Waals surface area contributed by atoms with Gasteiger partial charge in [-0.15, -0.1) is 11.3 Å². The molecule has 0 radical (unpaired) electrons. The molecule has 2 aromatic carbocycles. The minimum atomic E-state index is -1.04. The van der Waals surface area contributed by atoms with Crippen LogP contribution in [0.1, 0.15) is 22.8 Å². The Balaban J connectivity index is 1.69. The summed E-state index contributed by atoms with van der Waals surface area (Å²) in [5.41, 5.74) is 3.43. The zero-order valence-electron chi connectivity index (χ0n) is 16.7. The number of likely N-dealkylation sites (N-methyl/N-ethyl adjacent to an activating group) is 1. The standard InChI is InChI=1S/C22H22ClN3O3S/c1-3-26(22-24-19(14-30-22)16-8-10-18(23)11-9-16)12-15-4-6-17(7-5-15)21(29)25(2)13-20(27)28/h4-11,14H,3,12-13H2,1-2H3,(H,27,28). The van der Waals surface area contributed by atoms with Crippen molar-refractivity contribution in [3.8, 4) is 11.3 Å². The summed E-state index contributed by atoms with van der Waals surface area (Å²) >= 11 is 7.55. The van der Waals surface area contributed by atoms with Gasteiger partial charge in [-0.1, -0.05) is 35.9 Å². The number of carboxylic acid groups (broad SMARTS) is 1. The van der Waals surface area contributed by atoms with E-state index in [4.69, 9.17) is 21.7 Å². The van der Waals surface area contributed by atoms with Gasteiger partial charge in [0.25, 0.3) is 5.91 Å². The highest BCUT2D eigenvalue weighted by Crippen LogP contribution is 2.29. The monoisotopic (exact) mass is 443 g/mol. The molecule has 0 aliphatic heterocycles. The van der Waals surface area contributed by atoms with E-state index in [1.54, 1.807) is 23.5 Å². The van der Waals surface area contributed by atoms with Crippen LogP contribution < -0.4 is 4.90 Å². The molecule has 6 nitrogen and oxygen atoms in total. The lowest BCUT2D eigenvalue weighted by molar-refractivity contribution is -0.137. The van der Waals surface area contributed by atoms with Crippen molar-refractivity contribution in [2.24, 2.45) is 0 Å². The highest BCUT2D eigenvalue weighted by Gasteiger charge is 2.15. The van der Waals surface area contributed by atoms with Crippen molar-refractivity contribution in [1.82, 2.24) is 9.88 Å². The normalized spacial score (nSPS) is 10.6. The molecule has 0 fully saturated rings. The van der Waals surface area contributed by atoms with Gasteiger partial charge in [-0.3, -0.25) is 9.59 Å². The number of hydrogen-bond acceptors (Lipinski definition) is 5. The van der Waals surface area contributed by atoms with E-state index in [0.717, 1.165) is 28.5 Å². The van der Waals surface area contributed by atoms with Gasteiger partial charge in [0, 0.05) is 41.7 Å². The third-order valence-corrected chi connectivity index (χ3v) is 5.73. The minimum absolute atomic E-state index is 0.316. The Kier molecular flexibility index (Phi) is 7.07. The molecule has 0 saturated carbocycles. The zero-order valence-corrected chi connectivity index (χ0v) is 18.3. The third kappa shape index (κ3) is 5.37. The van der Waals surface area contributed by atoms with Gasteiger partial charge in [0.1, 0.15) is 6.54 Å². The maximum absolute atomic E-state index is 12.3. The number of rotatable bonds is 8. The molecule has 1 aromatic heterocycles. The smallest absolute Gasteiger partial charge is 0.323 e. The van der Waals surface area contributed by atoms with Crippen LogP contribution in [0, 0.1) is 0 Å². The molecule has 0 spiro atoms. The Bertz CT molecular complexity index is 1020. The molecule has 0 atom stereocenters. The summed E-state index contributed by atoms with van der Waals surface area (Å²) in [4.78, 5) is 31.2. The number of nitrogens with zero attached hydrogens (tertiary/aromatic N) is 3. The molecule has 156 valence electrons. The number of benzene rings is 2. The van der Waals surface area contributed by atoms with Gasteiger partial charge >= 0.3 is 5.97 Å². The van der Waals surface area contributed by atoms with Gasteiger partial charge in [0.05, 0.1) is 5.69 Å². The molecule has 3 aromatic rings. The van der Waals surface area contributed by atoms with Crippen molar-refractivity contribution in [1.29, 1.82) is 0 Å². The second kappa shape index (κ2) is 9.73. The quantitative estimate of drug-likeness (QED) is 0.548. The summed E-state index contributed by atoms with van der Waals surface area (Å²) in [7, 11) is 1.48. The first-order valence-corrected chi connectivity index (χ1v) is 10.7. The molecule has 0 aliphatic rings. The number of anilines is 1. The highest BCUT2D eigenvalue weighted by atomic mass is 35.5. The molecule has 0 unspecified atom stereocenters. The molecule has 30 heavy (non-hydrogen) atoms. The number of halogens is 1. The zero-order chi connectivity index (χ0) is 21.7. The van der Waals surface area contributed by atoms with Gasteiger partial charge < -0.3 is 14.9 Å². The lowest BCUT2D eigenvalue weighted by Gasteiger charge is -2.20. The Morgan fingerprint density at radius 2 is 1.77 bits per heavy atom. The Labute approximate surface area is 184 Å². The summed E-state index contributed by atoms with van der Waals surface area (Å²) in [6.07, 6.45) is 0. The Morgan fingerprint density at radius 1 is 1.10 bits per heavy atom. The number of aliphatic carboxylic acids is 1. The number of amides is 1. The summed E-state index contributed by atoms with van der Waals surface area (Å²) in [5.74, 6) is -1.36. The maximum atomic E-state index is 12.3. The topological polar surface area (TPSA) is 73.7 Å². The second-order valence-electron chi connectivity index (χ2n) is 6.79. The van der Waals surface area contributed by atoms with Gasteiger partial charge in [-0.05, 0) is 36.8 Å². The average Bonchev–Trinajstić information content (AvgIpc) is 3.22. The summed E-state index contributed by atoms with van der Waals surface area (Å²) in [6.45, 7) is 3.19. The van der Waals surface area contributed by atoms with E-state index in [9.17, 15) is 9.59 Å². The van der Waals surface area contributed by atoms with Crippen molar-refractivity contribution in [3.63, 3.8) is 0 Å². The number of carbonyl (C=O) groups is 2. The predicted octanol–water partition coefficient (Wildman–Crippen LogP) is 4.65. The van der Waals surface area contributed by atoms with E-state index in [-0.39, 0.29) is 12.5 Å². The fraction of sp³-hybridized carbons (Fsp3) is 0.227. The minimum Gasteiger partial charge on any atom is -0.480 e. The van der Waals surface area contributed by atoms with Crippen molar-refractivity contribution in [3.05, 3.63) is 70.1 Å². The maximum Gasteiger partial charge on any atom is 0.323 e. The molecular weight excluding hydrogens is 422 g/mol. The molecule has 8 heteroatoms. The Hall–Kier alpha value is -2.90. The van der Waals surface area contributed by atoms with Gasteiger partial charge in [-0.2, -0.15) is 0 Å². The molecule has 0 bridgehead atoms.